The number of hydrogen-bond donors (Lipinski definition) is 0. The topological polar surface area (TPSA) is 48.0 Å². The zero-order valence-corrected chi connectivity index (χ0v) is 17.1. The van der Waals surface area contributed by atoms with Gasteiger partial charge in [-0.3, -0.25) is 4.79 Å². The van der Waals surface area contributed by atoms with E-state index in [2.05, 4.69) is 0 Å². The highest BCUT2D eigenvalue weighted by molar-refractivity contribution is 5.78. The Hall–Kier alpha value is -3.38. The lowest BCUT2D eigenvalue weighted by Crippen LogP contribution is -2.44. The number of nitrogens with zero attached hydrogens (tertiary/aromatic N) is 1. The SMILES string of the molecule is O=C(COc1ccccc1OCc1ccccc1)N1CCOC(c2cccc(F)c2)C1. The van der Waals surface area contributed by atoms with Crippen molar-refractivity contribution < 1.29 is 23.4 Å². The van der Waals surface area contributed by atoms with Crippen LogP contribution in [0, 0.1) is 5.82 Å². The van der Waals surface area contributed by atoms with E-state index in [0.29, 0.717) is 37.8 Å². The van der Waals surface area contributed by atoms with Gasteiger partial charge in [-0.2, -0.15) is 0 Å². The first-order chi connectivity index (χ1) is 15.2. The van der Waals surface area contributed by atoms with Gasteiger partial charge in [0, 0.05) is 6.54 Å². The van der Waals surface area contributed by atoms with Crippen LogP contribution in [-0.2, 0) is 16.1 Å². The molecule has 5 nitrogen and oxygen atoms in total. The second-order valence-electron chi connectivity index (χ2n) is 7.26. The molecule has 3 aromatic carbocycles. The van der Waals surface area contributed by atoms with Crippen molar-refractivity contribution in [2.24, 2.45) is 0 Å². The molecule has 4 rings (SSSR count). The fourth-order valence-electron chi connectivity index (χ4n) is 3.44. The van der Waals surface area contributed by atoms with E-state index < -0.39 is 0 Å². The largest absolute Gasteiger partial charge is 0.485 e. The van der Waals surface area contributed by atoms with Gasteiger partial charge in [-0.05, 0) is 35.4 Å². The van der Waals surface area contributed by atoms with E-state index in [1.807, 2.05) is 48.5 Å². The Labute approximate surface area is 181 Å². The maximum absolute atomic E-state index is 13.5. The van der Waals surface area contributed by atoms with Crippen molar-refractivity contribution >= 4 is 5.91 Å². The van der Waals surface area contributed by atoms with Crippen LogP contribution in [0.2, 0.25) is 0 Å². The average molecular weight is 421 g/mol. The molecule has 1 aliphatic rings. The maximum Gasteiger partial charge on any atom is 0.260 e. The zero-order chi connectivity index (χ0) is 21.5. The van der Waals surface area contributed by atoms with E-state index in [9.17, 15) is 9.18 Å². The van der Waals surface area contributed by atoms with E-state index >= 15 is 0 Å². The van der Waals surface area contributed by atoms with Gasteiger partial charge in [0.05, 0.1) is 13.2 Å². The fraction of sp³-hybridized carbons (Fsp3) is 0.240. The molecule has 6 heteroatoms. The first-order valence-corrected chi connectivity index (χ1v) is 10.2. The highest BCUT2D eigenvalue weighted by Gasteiger charge is 2.26. The predicted octanol–water partition coefficient (Wildman–Crippen LogP) is 4.38. The third-order valence-electron chi connectivity index (χ3n) is 5.08. The molecular formula is C25H24FNO4. The molecule has 1 unspecified atom stereocenters. The summed E-state index contributed by atoms with van der Waals surface area (Å²) in [5, 5.41) is 0. The smallest absolute Gasteiger partial charge is 0.260 e. The lowest BCUT2D eigenvalue weighted by Gasteiger charge is -2.33. The molecule has 1 saturated heterocycles. The normalized spacial score (nSPS) is 16.0. The fourth-order valence-corrected chi connectivity index (χ4v) is 3.44. The molecule has 1 amide bonds. The number of hydrogen-bond acceptors (Lipinski definition) is 4. The van der Waals surface area contributed by atoms with Crippen LogP contribution in [0.4, 0.5) is 4.39 Å². The number of rotatable bonds is 7. The third-order valence-corrected chi connectivity index (χ3v) is 5.08. The van der Waals surface area contributed by atoms with Crippen LogP contribution < -0.4 is 9.47 Å². The summed E-state index contributed by atoms with van der Waals surface area (Å²) in [6.45, 7) is 1.52. The summed E-state index contributed by atoms with van der Waals surface area (Å²) in [6, 6.07) is 23.4. The number of halogens is 1. The molecule has 160 valence electrons. The average Bonchev–Trinajstić information content (AvgIpc) is 2.82. The number of para-hydroxylation sites is 2. The van der Waals surface area contributed by atoms with E-state index in [4.69, 9.17) is 14.2 Å². The number of carbonyl (C=O) groups is 1. The van der Waals surface area contributed by atoms with Gasteiger partial charge in [0.2, 0.25) is 0 Å². The molecule has 0 aromatic heterocycles. The molecule has 0 radical (unpaired) electrons. The standard InChI is InChI=1S/C25H24FNO4/c26-21-10-6-9-20(15-21)24-16-27(13-14-29-24)25(28)18-31-23-12-5-4-11-22(23)30-17-19-7-2-1-3-8-19/h1-12,15,24H,13-14,16-18H2. The van der Waals surface area contributed by atoms with Gasteiger partial charge in [-0.15, -0.1) is 0 Å². The summed E-state index contributed by atoms with van der Waals surface area (Å²) in [6.07, 6.45) is -0.352. The first kappa shape index (κ1) is 20.9. The number of carbonyl (C=O) groups excluding carboxylic acids is 1. The van der Waals surface area contributed by atoms with Gasteiger partial charge in [0.15, 0.2) is 18.1 Å². The predicted molar refractivity (Wildman–Crippen MR) is 114 cm³/mol. The number of ether oxygens (including phenoxy) is 3. The van der Waals surface area contributed by atoms with Gasteiger partial charge >= 0.3 is 0 Å². The summed E-state index contributed by atoms with van der Waals surface area (Å²) in [5.41, 5.74) is 1.77. The van der Waals surface area contributed by atoms with Crippen LogP contribution in [0.1, 0.15) is 17.2 Å². The molecule has 0 saturated carbocycles. The number of morpholine rings is 1. The Bertz CT molecular complexity index is 1010. The molecule has 0 aliphatic carbocycles. The van der Waals surface area contributed by atoms with E-state index in [0.717, 1.165) is 11.1 Å². The van der Waals surface area contributed by atoms with Crippen LogP contribution in [0.5, 0.6) is 11.5 Å². The maximum atomic E-state index is 13.5. The molecular weight excluding hydrogens is 397 g/mol. The zero-order valence-electron chi connectivity index (χ0n) is 17.1. The highest BCUT2D eigenvalue weighted by atomic mass is 19.1. The van der Waals surface area contributed by atoms with E-state index in [1.54, 1.807) is 23.1 Å². The molecule has 0 spiro atoms. The highest BCUT2D eigenvalue weighted by Crippen LogP contribution is 2.28. The van der Waals surface area contributed by atoms with Crippen LogP contribution in [0.15, 0.2) is 78.9 Å². The Morgan fingerprint density at radius 3 is 2.48 bits per heavy atom. The lowest BCUT2D eigenvalue weighted by molar-refractivity contribution is -0.141. The van der Waals surface area contributed by atoms with Gasteiger partial charge in [0.25, 0.3) is 5.91 Å². The Morgan fingerprint density at radius 1 is 0.968 bits per heavy atom. The van der Waals surface area contributed by atoms with Crippen LogP contribution in [-0.4, -0.2) is 37.1 Å². The monoisotopic (exact) mass is 421 g/mol. The van der Waals surface area contributed by atoms with Crippen LogP contribution in [0.25, 0.3) is 0 Å². The third kappa shape index (κ3) is 5.61. The minimum atomic E-state index is -0.352. The molecule has 1 heterocycles. The van der Waals surface area contributed by atoms with E-state index in [1.165, 1.54) is 12.1 Å². The molecule has 1 aliphatic heterocycles. The molecule has 31 heavy (non-hydrogen) atoms. The van der Waals surface area contributed by atoms with Gasteiger partial charge in [0.1, 0.15) is 18.5 Å². The van der Waals surface area contributed by atoms with Crippen molar-refractivity contribution in [2.75, 3.05) is 26.3 Å². The number of benzene rings is 3. The molecule has 1 fully saturated rings. The van der Waals surface area contributed by atoms with Crippen molar-refractivity contribution in [1.82, 2.24) is 4.90 Å². The van der Waals surface area contributed by atoms with Gasteiger partial charge in [-0.1, -0.05) is 54.6 Å². The van der Waals surface area contributed by atoms with E-state index in [-0.39, 0.29) is 24.4 Å². The van der Waals surface area contributed by atoms with Crippen molar-refractivity contribution in [3.05, 3.63) is 95.8 Å². The lowest BCUT2D eigenvalue weighted by atomic mass is 10.1. The van der Waals surface area contributed by atoms with Crippen molar-refractivity contribution in [3.8, 4) is 11.5 Å². The summed E-state index contributed by atoms with van der Waals surface area (Å²) < 4.78 is 30.9. The van der Waals surface area contributed by atoms with Crippen LogP contribution >= 0.6 is 0 Å². The minimum absolute atomic E-state index is 0.110. The molecule has 3 aromatic rings. The Morgan fingerprint density at radius 2 is 1.71 bits per heavy atom. The quantitative estimate of drug-likeness (QED) is 0.568. The second kappa shape index (κ2) is 10.1. The summed E-state index contributed by atoms with van der Waals surface area (Å²) in [7, 11) is 0. The summed E-state index contributed by atoms with van der Waals surface area (Å²) >= 11 is 0. The Kier molecular flexibility index (Phi) is 6.79. The van der Waals surface area contributed by atoms with Crippen molar-refractivity contribution in [2.45, 2.75) is 12.7 Å². The van der Waals surface area contributed by atoms with Gasteiger partial charge < -0.3 is 19.1 Å². The summed E-state index contributed by atoms with van der Waals surface area (Å²) in [4.78, 5) is 14.4. The van der Waals surface area contributed by atoms with Crippen LogP contribution in [0.3, 0.4) is 0 Å². The number of amides is 1. The van der Waals surface area contributed by atoms with Crippen molar-refractivity contribution in [3.63, 3.8) is 0 Å². The minimum Gasteiger partial charge on any atom is -0.485 e. The summed E-state index contributed by atoms with van der Waals surface area (Å²) in [5.74, 6) is 0.628. The molecule has 0 bridgehead atoms. The molecule has 1 atom stereocenters. The van der Waals surface area contributed by atoms with Gasteiger partial charge in [-0.25, -0.2) is 4.39 Å². The first-order valence-electron chi connectivity index (χ1n) is 10.2. The van der Waals surface area contributed by atoms with Crippen molar-refractivity contribution in [1.29, 1.82) is 0 Å². The second-order valence-corrected chi connectivity index (χ2v) is 7.26. The Balaban J connectivity index is 1.34. The molecule has 0 N–H and O–H groups in total.